The largest absolute Gasteiger partial charge is 0.481 e. The molecule has 0 spiro atoms. The average molecular weight is 346 g/mol. The van der Waals surface area contributed by atoms with Gasteiger partial charge in [0.15, 0.2) is 0 Å². The number of carbonyl (C=O) groups is 2. The van der Waals surface area contributed by atoms with E-state index in [2.05, 4.69) is 11.5 Å². The van der Waals surface area contributed by atoms with Crippen LogP contribution >= 0.6 is 0 Å². The molecule has 2 aliphatic heterocycles. The van der Waals surface area contributed by atoms with Crippen molar-refractivity contribution in [3.63, 3.8) is 0 Å². The number of aryl methyl sites for hydroxylation is 1. The Bertz CT molecular complexity index is 708. The predicted molar refractivity (Wildman–Crippen MR) is 93.6 cm³/mol. The van der Waals surface area contributed by atoms with Gasteiger partial charge in [-0.05, 0) is 13.0 Å². The van der Waals surface area contributed by atoms with Crippen LogP contribution in [-0.4, -0.2) is 59.5 Å². The second-order valence-corrected chi connectivity index (χ2v) is 7.60. The molecule has 3 heterocycles. The molecule has 3 rings (SSSR count). The first-order valence-corrected chi connectivity index (χ1v) is 8.74. The molecule has 1 aromatic rings. The molecular weight excluding hydrogens is 320 g/mol. The van der Waals surface area contributed by atoms with Crippen molar-refractivity contribution in [2.75, 3.05) is 32.7 Å². The van der Waals surface area contributed by atoms with Crippen molar-refractivity contribution in [3.8, 4) is 0 Å². The Kier molecular flexibility index (Phi) is 4.49. The van der Waals surface area contributed by atoms with E-state index >= 15 is 0 Å². The maximum atomic E-state index is 13.0. The number of hydrogen-bond donors (Lipinski definition) is 1. The molecular formula is C19H26N2O4. The number of amides is 1. The van der Waals surface area contributed by atoms with E-state index in [1.807, 2.05) is 13.8 Å². The molecule has 1 amide bonds. The topological polar surface area (TPSA) is 74.0 Å². The molecule has 2 aliphatic rings. The number of hydrogen-bond acceptors (Lipinski definition) is 4. The molecule has 0 aliphatic carbocycles. The molecule has 1 aromatic heterocycles. The summed E-state index contributed by atoms with van der Waals surface area (Å²) < 4.78 is 5.69. The highest BCUT2D eigenvalue weighted by molar-refractivity contribution is 5.96. The molecule has 2 fully saturated rings. The summed E-state index contributed by atoms with van der Waals surface area (Å²) in [5.74, 6) is 0.597. The summed E-state index contributed by atoms with van der Waals surface area (Å²) in [6.45, 7) is 12.1. The Morgan fingerprint density at radius 3 is 2.68 bits per heavy atom. The van der Waals surface area contributed by atoms with Crippen LogP contribution in [-0.2, 0) is 4.79 Å². The van der Waals surface area contributed by atoms with E-state index in [1.54, 1.807) is 24.0 Å². The Hall–Kier alpha value is -2.08. The van der Waals surface area contributed by atoms with Crippen LogP contribution in [0.2, 0.25) is 0 Å². The lowest BCUT2D eigenvalue weighted by atomic mass is 9.81. The lowest BCUT2D eigenvalue weighted by Crippen LogP contribution is -2.42. The third-order valence-electron chi connectivity index (χ3n) is 5.52. The summed E-state index contributed by atoms with van der Waals surface area (Å²) in [5.41, 5.74) is -0.329. The Morgan fingerprint density at radius 2 is 2.16 bits per heavy atom. The number of carbonyl (C=O) groups excluding carboxylic acids is 1. The van der Waals surface area contributed by atoms with Crippen molar-refractivity contribution < 1.29 is 19.1 Å². The number of carboxylic acids is 1. The second kappa shape index (κ2) is 6.33. The molecule has 6 heteroatoms. The van der Waals surface area contributed by atoms with Gasteiger partial charge < -0.3 is 14.4 Å². The Labute approximate surface area is 148 Å². The number of fused-ring (bicyclic) bond motifs is 1. The number of rotatable bonds is 5. The molecule has 136 valence electrons. The smallest absolute Gasteiger partial charge is 0.313 e. The van der Waals surface area contributed by atoms with Gasteiger partial charge in [-0.2, -0.15) is 0 Å². The first-order valence-electron chi connectivity index (χ1n) is 8.74. The zero-order chi connectivity index (χ0) is 18.4. The number of carboxylic acid groups (broad SMARTS) is 1. The van der Waals surface area contributed by atoms with E-state index in [-0.39, 0.29) is 24.3 Å². The van der Waals surface area contributed by atoms with Gasteiger partial charge in [-0.25, -0.2) is 0 Å². The van der Waals surface area contributed by atoms with Crippen LogP contribution in [0, 0.1) is 18.3 Å². The van der Waals surface area contributed by atoms with E-state index in [1.165, 1.54) is 0 Å². The Morgan fingerprint density at radius 1 is 1.44 bits per heavy atom. The van der Waals surface area contributed by atoms with Crippen molar-refractivity contribution >= 4 is 11.9 Å². The minimum atomic E-state index is -0.878. The van der Waals surface area contributed by atoms with Crippen LogP contribution in [0.15, 0.2) is 23.1 Å². The molecule has 0 radical (unpaired) electrons. The molecule has 2 atom stereocenters. The van der Waals surface area contributed by atoms with Gasteiger partial charge in [0.25, 0.3) is 5.91 Å². The maximum Gasteiger partial charge on any atom is 0.313 e. The summed E-state index contributed by atoms with van der Waals surface area (Å²) in [6.07, 6.45) is 1.79. The molecule has 0 bridgehead atoms. The van der Waals surface area contributed by atoms with Crippen molar-refractivity contribution in [1.82, 2.24) is 9.80 Å². The minimum absolute atomic E-state index is 0.0503. The van der Waals surface area contributed by atoms with Crippen LogP contribution in [0.5, 0.6) is 0 Å². The summed E-state index contributed by atoms with van der Waals surface area (Å²) in [7, 11) is 0. The van der Waals surface area contributed by atoms with Crippen LogP contribution in [0.4, 0.5) is 0 Å². The third-order valence-corrected chi connectivity index (χ3v) is 5.52. The number of nitrogens with zero attached hydrogens (tertiary/aromatic N) is 2. The fourth-order valence-corrected chi connectivity index (χ4v) is 4.12. The van der Waals surface area contributed by atoms with Gasteiger partial charge in [-0.1, -0.05) is 19.9 Å². The highest BCUT2D eigenvalue weighted by Crippen LogP contribution is 2.43. The molecule has 0 saturated carbocycles. The third kappa shape index (κ3) is 2.88. The van der Waals surface area contributed by atoms with Crippen LogP contribution in [0.3, 0.4) is 0 Å². The van der Waals surface area contributed by atoms with Crippen molar-refractivity contribution in [2.45, 2.75) is 26.7 Å². The lowest BCUT2D eigenvalue weighted by molar-refractivity contribution is -0.148. The predicted octanol–water partition coefficient (Wildman–Crippen LogP) is 2.36. The lowest BCUT2D eigenvalue weighted by Gasteiger charge is -2.25. The fraction of sp³-hybridized carbons (Fsp3) is 0.579. The standard InChI is InChI=1S/C19H26N2O4/c1-5-6-20-8-14-9-21(11-19(14,10-20)18(23)24)17(22)15-7-16(12(2)3)25-13(15)4/h5,7,12,14H,1,6,8-11H2,2-4H3,(H,23,24)/t14-,19-/m0/s1. The maximum absolute atomic E-state index is 13.0. The van der Waals surface area contributed by atoms with Crippen molar-refractivity contribution in [1.29, 1.82) is 0 Å². The SMILES string of the molecule is C=CCN1C[C@H]2CN(C(=O)c3cc(C(C)C)oc3C)C[C@@]2(C(=O)O)C1. The zero-order valence-corrected chi connectivity index (χ0v) is 15.1. The number of likely N-dealkylation sites (tertiary alicyclic amines) is 2. The fourth-order valence-electron chi connectivity index (χ4n) is 4.12. The molecule has 1 N–H and O–H groups in total. The van der Waals surface area contributed by atoms with Crippen LogP contribution < -0.4 is 0 Å². The molecule has 6 nitrogen and oxygen atoms in total. The van der Waals surface area contributed by atoms with Gasteiger partial charge in [0.1, 0.15) is 16.9 Å². The van der Waals surface area contributed by atoms with E-state index in [0.29, 0.717) is 37.5 Å². The summed E-state index contributed by atoms with van der Waals surface area (Å²) in [4.78, 5) is 28.8. The average Bonchev–Trinajstić information content (AvgIpc) is 3.17. The first kappa shape index (κ1) is 17.7. The van der Waals surface area contributed by atoms with Crippen molar-refractivity contribution in [2.24, 2.45) is 11.3 Å². The van der Waals surface area contributed by atoms with Crippen LogP contribution in [0.1, 0.15) is 41.6 Å². The summed E-state index contributed by atoms with van der Waals surface area (Å²) >= 11 is 0. The normalized spacial score (nSPS) is 26.2. The van der Waals surface area contributed by atoms with E-state index in [9.17, 15) is 14.7 Å². The van der Waals surface area contributed by atoms with Gasteiger partial charge in [0, 0.05) is 44.6 Å². The van der Waals surface area contributed by atoms with Gasteiger partial charge in [-0.3, -0.25) is 14.5 Å². The first-order chi connectivity index (χ1) is 11.8. The number of aliphatic carboxylic acids is 1. The zero-order valence-electron chi connectivity index (χ0n) is 15.1. The highest BCUT2D eigenvalue weighted by Gasteiger charge is 2.58. The second-order valence-electron chi connectivity index (χ2n) is 7.60. The van der Waals surface area contributed by atoms with Gasteiger partial charge in [-0.15, -0.1) is 6.58 Å². The molecule has 0 unspecified atom stereocenters. The summed E-state index contributed by atoms with van der Waals surface area (Å²) in [6, 6.07) is 1.80. The van der Waals surface area contributed by atoms with E-state index < -0.39 is 11.4 Å². The minimum Gasteiger partial charge on any atom is -0.481 e. The summed E-state index contributed by atoms with van der Waals surface area (Å²) in [5, 5.41) is 9.85. The van der Waals surface area contributed by atoms with Gasteiger partial charge in [0.05, 0.1) is 5.56 Å². The molecule has 25 heavy (non-hydrogen) atoms. The molecule has 2 saturated heterocycles. The Balaban J connectivity index is 1.81. The monoisotopic (exact) mass is 346 g/mol. The van der Waals surface area contributed by atoms with Crippen LogP contribution in [0.25, 0.3) is 0 Å². The van der Waals surface area contributed by atoms with Crippen molar-refractivity contribution in [3.05, 3.63) is 35.8 Å². The number of furan rings is 1. The van der Waals surface area contributed by atoms with E-state index in [4.69, 9.17) is 4.42 Å². The van der Waals surface area contributed by atoms with E-state index in [0.717, 1.165) is 5.76 Å². The molecule has 0 aromatic carbocycles. The van der Waals surface area contributed by atoms with Gasteiger partial charge in [0.2, 0.25) is 0 Å². The van der Waals surface area contributed by atoms with Gasteiger partial charge >= 0.3 is 5.97 Å². The highest BCUT2D eigenvalue weighted by atomic mass is 16.4. The quantitative estimate of drug-likeness (QED) is 0.829.